The van der Waals surface area contributed by atoms with Gasteiger partial charge in [0, 0.05) is 0 Å². The Labute approximate surface area is 127 Å². The Morgan fingerprint density at radius 1 is 0.700 bits per heavy atom. The van der Waals surface area contributed by atoms with Crippen LogP contribution in [0.2, 0.25) is 0 Å². The van der Waals surface area contributed by atoms with E-state index in [0.29, 0.717) is 5.92 Å². The number of benzene rings is 1. The molecule has 1 rings (SSSR count). The molecule has 1 unspecified atom stereocenters. The minimum atomic E-state index is 0.641. The summed E-state index contributed by atoms with van der Waals surface area (Å²) < 4.78 is 0. The van der Waals surface area contributed by atoms with E-state index in [2.05, 4.69) is 52.0 Å². The van der Waals surface area contributed by atoms with Crippen LogP contribution < -0.4 is 0 Å². The molecule has 0 aliphatic rings. The summed E-state index contributed by atoms with van der Waals surface area (Å²) in [5, 5.41) is 0. The molecule has 0 heterocycles. The lowest BCUT2D eigenvalue weighted by molar-refractivity contribution is 0.508. The van der Waals surface area contributed by atoms with Gasteiger partial charge < -0.3 is 0 Å². The molecule has 0 bridgehead atoms. The molecule has 0 aromatic heterocycles. The van der Waals surface area contributed by atoms with Gasteiger partial charge in [-0.15, -0.1) is 0 Å². The van der Waals surface area contributed by atoms with Gasteiger partial charge >= 0.3 is 0 Å². The monoisotopic (exact) mass is 274 g/mol. The molecule has 1 atom stereocenters. The van der Waals surface area contributed by atoms with Gasteiger partial charge in [0.2, 0.25) is 0 Å². The zero-order chi connectivity index (χ0) is 14.8. The van der Waals surface area contributed by atoms with E-state index < -0.39 is 0 Å². The van der Waals surface area contributed by atoms with E-state index in [0.717, 1.165) is 5.92 Å². The van der Waals surface area contributed by atoms with Crippen molar-refractivity contribution in [1.82, 2.24) is 0 Å². The zero-order valence-corrected chi connectivity index (χ0v) is 14.1. The van der Waals surface area contributed by atoms with Crippen molar-refractivity contribution in [2.24, 2.45) is 0 Å². The van der Waals surface area contributed by atoms with Crippen molar-refractivity contribution in [3.63, 3.8) is 0 Å². The van der Waals surface area contributed by atoms with Gasteiger partial charge in [-0.05, 0) is 35.8 Å². The summed E-state index contributed by atoms with van der Waals surface area (Å²) in [6.45, 7) is 9.14. The Hall–Kier alpha value is -0.780. The molecule has 0 saturated carbocycles. The van der Waals surface area contributed by atoms with Crippen LogP contribution in [0.15, 0.2) is 24.3 Å². The molecule has 0 nitrogen and oxygen atoms in total. The second kappa shape index (κ2) is 10.0. The predicted octanol–water partition coefficient (Wildman–Crippen LogP) is 7.05. The summed E-state index contributed by atoms with van der Waals surface area (Å²) in [4.78, 5) is 0. The number of unbranched alkanes of at least 4 members (excludes halogenated alkanes) is 4. The maximum Gasteiger partial charge on any atom is -0.0162 e. The predicted molar refractivity (Wildman–Crippen MR) is 91.6 cm³/mol. The molecule has 0 fully saturated rings. The number of hydrogen-bond acceptors (Lipinski definition) is 0. The van der Waals surface area contributed by atoms with Gasteiger partial charge in [0.15, 0.2) is 0 Å². The van der Waals surface area contributed by atoms with Gasteiger partial charge in [0.1, 0.15) is 0 Å². The first-order valence-corrected chi connectivity index (χ1v) is 8.78. The third-order valence-corrected chi connectivity index (χ3v) is 4.39. The van der Waals surface area contributed by atoms with Crippen LogP contribution in [-0.4, -0.2) is 0 Å². The van der Waals surface area contributed by atoms with E-state index in [1.165, 1.54) is 56.9 Å². The van der Waals surface area contributed by atoms with E-state index in [9.17, 15) is 0 Å². The van der Waals surface area contributed by atoms with Gasteiger partial charge in [0.05, 0.1) is 0 Å². The molecule has 0 heteroatoms. The lowest BCUT2D eigenvalue weighted by atomic mass is 9.87. The van der Waals surface area contributed by atoms with Crippen LogP contribution in [0, 0.1) is 0 Å². The van der Waals surface area contributed by atoms with Gasteiger partial charge in [-0.25, -0.2) is 0 Å². The molecule has 0 amide bonds. The molecule has 0 saturated heterocycles. The summed E-state index contributed by atoms with van der Waals surface area (Å²) in [5.74, 6) is 1.43. The Bertz CT molecular complexity index is 334. The highest BCUT2D eigenvalue weighted by atomic mass is 14.2. The quantitative estimate of drug-likeness (QED) is 0.401. The first-order valence-electron chi connectivity index (χ1n) is 8.78. The average Bonchev–Trinajstić information content (AvgIpc) is 2.47. The van der Waals surface area contributed by atoms with Crippen LogP contribution in [0.4, 0.5) is 0 Å². The number of rotatable bonds is 10. The lowest BCUT2D eigenvalue weighted by Crippen LogP contribution is -2.00. The molecule has 0 spiro atoms. The van der Waals surface area contributed by atoms with E-state index in [4.69, 9.17) is 0 Å². The molecular weight excluding hydrogens is 240 g/mol. The molecular formula is C20H34. The second-order valence-electron chi connectivity index (χ2n) is 6.51. The number of hydrogen-bond donors (Lipinski definition) is 0. The van der Waals surface area contributed by atoms with Crippen molar-refractivity contribution in [2.75, 3.05) is 0 Å². The largest absolute Gasteiger partial charge is 0.0654 e. The van der Waals surface area contributed by atoms with Crippen LogP contribution in [0.3, 0.4) is 0 Å². The Morgan fingerprint density at radius 2 is 1.25 bits per heavy atom. The molecule has 114 valence electrons. The van der Waals surface area contributed by atoms with E-state index in [1.807, 2.05) is 0 Å². The van der Waals surface area contributed by atoms with Crippen molar-refractivity contribution >= 4 is 0 Å². The molecule has 20 heavy (non-hydrogen) atoms. The van der Waals surface area contributed by atoms with Crippen LogP contribution in [0.5, 0.6) is 0 Å². The third kappa shape index (κ3) is 6.11. The van der Waals surface area contributed by atoms with Gasteiger partial charge in [-0.1, -0.05) is 90.5 Å². The summed E-state index contributed by atoms with van der Waals surface area (Å²) in [6, 6.07) is 9.45. The first-order chi connectivity index (χ1) is 9.69. The fraction of sp³-hybridized carbons (Fsp3) is 0.700. The normalized spacial score (nSPS) is 12.8. The SMILES string of the molecule is CCCCCCC(CCCC)c1ccc(C(C)C)cc1. The minimum Gasteiger partial charge on any atom is -0.0654 e. The highest BCUT2D eigenvalue weighted by molar-refractivity contribution is 5.27. The summed E-state index contributed by atoms with van der Waals surface area (Å²) in [6.07, 6.45) is 11.0. The molecule has 0 aliphatic carbocycles. The van der Waals surface area contributed by atoms with Gasteiger partial charge in [0.25, 0.3) is 0 Å². The first kappa shape index (κ1) is 17.3. The summed E-state index contributed by atoms with van der Waals surface area (Å²) >= 11 is 0. The minimum absolute atomic E-state index is 0.641. The zero-order valence-electron chi connectivity index (χ0n) is 14.1. The van der Waals surface area contributed by atoms with Crippen molar-refractivity contribution in [3.8, 4) is 0 Å². The van der Waals surface area contributed by atoms with Crippen molar-refractivity contribution in [2.45, 2.75) is 90.9 Å². The molecule has 1 aromatic rings. The fourth-order valence-corrected chi connectivity index (χ4v) is 2.90. The van der Waals surface area contributed by atoms with E-state index in [-0.39, 0.29) is 0 Å². The van der Waals surface area contributed by atoms with Gasteiger partial charge in [-0.3, -0.25) is 0 Å². The van der Waals surface area contributed by atoms with Crippen LogP contribution in [0.25, 0.3) is 0 Å². The standard InChI is InChI=1S/C20H34/c1-5-7-9-10-12-19(11-8-6-2)20-15-13-18(14-16-20)17(3)4/h13-17,19H,5-12H2,1-4H3. The maximum absolute atomic E-state index is 2.38. The topological polar surface area (TPSA) is 0 Å². The van der Waals surface area contributed by atoms with Gasteiger partial charge in [-0.2, -0.15) is 0 Å². The smallest absolute Gasteiger partial charge is 0.0162 e. The maximum atomic E-state index is 2.38. The third-order valence-electron chi connectivity index (χ3n) is 4.39. The average molecular weight is 274 g/mol. The Balaban J connectivity index is 2.60. The summed E-state index contributed by atoms with van der Waals surface area (Å²) in [7, 11) is 0. The highest BCUT2D eigenvalue weighted by Crippen LogP contribution is 2.29. The van der Waals surface area contributed by atoms with Crippen LogP contribution >= 0.6 is 0 Å². The molecule has 1 aromatic carbocycles. The second-order valence-corrected chi connectivity index (χ2v) is 6.51. The Kier molecular flexibility index (Phi) is 8.65. The van der Waals surface area contributed by atoms with Crippen LogP contribution in [0.1, 0.15) is 102 Å². The molecule has 0 N–H and O–H groups in total. The lowest BCUT2D eigenvalue weighted by Gasteiger charge is -2.18. The Morgan fingerprint density at radius 3 is 1.80 bits per heavy atom. The van der Waals surface area contributed by atoms with Crippen molar-refractivity contribution in [3.05, 3.63) is 35.4 Å². The van der Waals surface area contributed by atoms with E-state index >= 15 is 0 Å². The van der Waals surface area contributed by atoms with Crippen LogP contribution in [-0.2, 0) is 0 Å². The molecule has 0 radical (unpaired) electrons. The van der Waals surface area contributed by atoms with Crippen molar-refractivity contribution < 1.29 is 0 Å². The molecule has 0 aliphatic heterocycles. The van der Waals surface area contributed by atoms with Crippen molar-refractivity contribution in [1.29, 1.82) is 0 Å². The highest BCUT2D eigenvalue weighted by Gasteiger charge is 2.11. The summed E-state index contributed by atoms with van der Waals surface area (Å²) in [5.41, 5.74) is 3.04. The van der Waals surface area contributed by atoms with E-state index in [1.54, 1.807) is 5.56 Å². The fourth-order valence-electron chi connectivity index (χ4n) is 2.90.